The highest BCUT2D eigenvalue weighted by molar-refractivity contribution is 6.41. The number of alkyl halides is 2. The van der Waals surface area contributed by atoms with Crippen LogP contribution in [0.3, 0.4) is 0 Å². The smallest absolute Gasteiger partial charge is 0.264 e. The molecule has 0 amide bonds. The summed E-state index contributed by atoms with van der Waals surface area (Å²) in [6.07, 6.45) is -2.62. The van der Waals surface area contributed by atoms with Gasteiger partial charge < -0.3 is 4.74 Å². The van der Waals surface area contributed by atoms with E-state index < -0.39 is 6.43 Å². The van der Waals surface area contributed by atoms with E-state index in [0.717, 1.165) is 0 Å². The third kappa shape index (κ3) is 3.17. The molecule has 20 heavy (non-hydrogen) atoms. The fourth-order valence-electron chi connectivity index (χ4n) is 1.83. The van der Waals surface area contributed by atoms with Crippen molar-refractivity contribution < 1.29 is 13.5 Å². The molecule has 0 aromatic heterocycles. The summed E-state index contributed by atoms with van der Waals surface area (Å²) >= 11 is 18.0. The Morgan fingerprint density at radius 2 is 1.55 bits per heavy atom. The Labute approximate surface area is 130 Å². The lowest BCUT2D eigenvalue weighted by Gasteiger charge is -2.12. The molecule has 1 nitrogen and oxygen atoms in total. The maximum absolute atomic E-state index is 12.9. The predicted molar refractivity (Wildman–Crippen MR) is 78.4 cm³/mol. The van der Waals surface area contributed by atoms with Crippen LogP contribution in [0.2, 0.25) is 15.1 Å². The lowest BCUT2D eigenvalue weighted by Crippen LogP contribution is -1.91. The van der Waals surface area contributed by atoms with Gasteiger partial charge in [-0.05, 0) is 35.9 Å². The van der Waals surface area contributed by atoms with Gasteiger partial charge in [0.2, 0.25) is 0 Å². The zero-order valence-electron chi connectivity index (χ0n) is 10.3. The third-order valence-electron chi connectivity index (χ3n) is 2.71. The fourth-order valence-corrected chi connectivity index (χ4v) is 2.86. The molecule has 0 fully saturated rings. The minimum Gasteiger partial charge on any atom is -0.497 e. The van der Waals surface area contributed by atoms with Crippen LogP contribution in [0.1, 0.15) is 12.0 Å². The van der Waals surface area contributed by atoms with Crippen LogP contribution in [0.25, 0.3) is 11.1 Å². The molecule has 0 atom stereocenters. The highest BCUT2D eigenvalue weighted by Crippen LogP contribution is 2.40. The lowest BCUT2D eigenvalue weighted by molar-refractivity contribution is 0.151. The first kappa shape index (κ1) is 15.4. The molecular formula is C14H9Cl3F2O. The first-order valence-electron chi connectivity index (χ1n) is 5.54. The Balaban J connectivity index is 2.66. The van der Waals surface area contributed by atoms with Gasteiger partial charge in [-0.15, -0.1) is 0 Å². The molecule has 0 aliphatic carbocycles. The molecule has 2 rings (SSSR count). The summed E-state index contributed by atoms with van der Waals surface area (Å²) < 4.78 is 30.8. The summed E-state index contributed by atoms with van der Waals surface area (Å²) in [4.78, 5) is 0. The van der Waals surface area contributed by atoms with E-state index in [4.69, 9.17) is 39.5 Å². The molecule has 0 heterocycles. The van der Waals surface area contributed by atoms with Crippen molar-refractivity contribution in [3.63, 3.8) is 0 Å². The van der Waals surface area contributed by atoms with Gasteiger partial charge in [0.25, 0.3) is 6.43 Å². The predicted octanol–water partition coefficient (Wildman–Crippen LogP) is 6.26. The number of hydrogen-bond acceptors (Lipinski definition) is 1. The third-order valence-corrected chi connectivity index (χ3v) is 3.53. The summed E-state index contributed by atoms with van der Waals surface area (Å²) in [5.41, 5.74) is 0.728. The lowest BCUT2D eigenvalue weighted by atomic mass is 10.0. The molecule has 6 heteroatoms. The van der Waals surface area contributed by atoms with Crippen LogP contribution < -0.4 is 4.74 Å². The van der Waals surface area contributed by atoms with Gasteiger partial charge in [0.05, 0.1) is 17.2 Å². The number of hydrogen-bond donors (Lipinski definition) is 0. The SMILES string of the molecule is COc1cc(-c2c(Cl)cc(Cl)cc2Cl)cc(C(F)F)c1. The molecule has 0 aliphatic heterocycles. The number of ether oxygens (including phenoxy) is 1. The van der Waals surface area contributed by atoms with Crippen molar-refractivity contribution >= 4 is 34.8 Å². The first-order chi connectivity index (χ1) is 9.42. The molecule has 0 radical (unpaired) electrons. The number of methoxy groups -OCH3 is 1. The molecule has 106 valence electrons. The summed E-state index contributed by atoms with van der Waals surface area (Å²) in [6.45, 7) is 0. The van der Waals surface area contributed by atoms with Crippen molar-refractivity contribution in [2.24, 2.45) is 0 Å². The largest absolute Gasteiger partial charge is 0.497 e. The monoisotopic (exact) mass is 336 g/mol. The summed E-state index contributed by atoms with van der Waals surface area (Å²) in [5, 5.41) is 0.952. The van der Waals surface area contributed by atoms with Crippen molar-refractivity contribution in [3.8, 4) is 16.9 Å². The van der Waals surface area contributed by atoms with E-state index in [0.29, 0.717) is 21.9 Å². The normalized spacial score (nSPS) is 10.9. The summed E-state index contributed by atoms with van der Waals surface area (Å²) in [6, 6.07) is 7.20. The number of rotatable bonds is 3. The van der Waals surface area contributed by atoms with Crippen molar-refractivity contribution in [1.82, 2.24) is 0 Å². The molecule has 2 aromatic rings. The molecule has 0 aliphatic rings. The van der Waals surface area contributed by atoms with Gasteiger partial charge in [0.15, 0.2) is 0 Å². The van der Waals surface area contributed by atoms with E-state index in [9.17, 15) is 8.78 Å². The Morgan fingerprint density at radius 3 is 2.05 bits per heavy atom. The molecule has 0 bridgehead atoms. The second kappa shape index (κ2) is 6.17. The van der Waals surface area contributed by atoms with E-state index in [1.807, 2.05) is 0 Å². The molecule has 0 saturated carbocycles. The van der Waals surface area contributed by atoms with E-state index >= 15 is 0 Å². The quantitative estimate of drug-likeness (QED) is 0.642. The van der Waals surface area contributed by atoms with E-state index in [1.165, 1.54) is 31.4 Å². The standard InChI is InChI=1S/C14H9Cl3F2O/c1-20-10-3-7(2-8(4-10)14(18)19)13-11(16)5-9(15)6-12(13)17/h2-6,14H,1H3. The summed E-state index contributed by atoms with van der Waals surface area (Å²) in [7, 11) is 1.40. The maximum Gasteiger partial charge on any atom is 0.264 e. The minimum atomic E-state index is -2.62. The zero-order valence-corrected chi connectivity index (χ0v) is 12.5. The Kier molecular flexibility index (Phi) is 4.74. The van der Waals surface area contributed by atoms with Crippen LogP contribution in [0.15, 0.2) is 30.3 Å². The van der Waals surface area contributed by atoms with Crippen LogP contribution in [0.4, 0.5) is 8.78 Å². The molecule has 0 spiro atoms. The van der Waals surface area contributed by atoms with Crippen LogP contribution in [0, 0.1) is 0 Å². The average Bonchev–Trinajstić information content (AvgIpc) is 2.37. The van der Waals surface area contributed by atoms with E-state index in [1.54, 1.807) is 6.07 Å². The molecule has 0 unspecified atom stereocenters. The Bertz CT molecular complexity index is 621. The highest BCUT2D eigenvalue weighted by Gasteiger charge is 2.15. The Morgan fingerprint density at radius 1 is 0.950 bits per heavy atom. The number of halogens is 5. The minimum absolute atomic E-state index is 0.165. The van der Waals surface area contributed by atoms with E-state index in [2.05, 4.69) is 0 Å². The molecule has 2 aromatic carbocycles. The van der Waals surface area contributed by atoms with Crippen LogP contribution >= 0.6 is 34.8 Å². The van der Waals surface area contributed by atoms with Gasteiger partial charge in [0.1, 0.15) is 5.75 Å². The van der Waals surface area contributed by atoms with Crippen molar-refractivity contribution in [3.05, 3.63) is 51.0 Å². The zero-order chi connectivity index (χ0) is 14.9. The molecule has 0 saturated heterocycles. The second-order valence-electron chi connectivity index (χ2n) is 4.04. The number of benzene rings is 2. The topological polar surface area (TPSA) is 9.23 Å². The Hall–Kier alpha value is -1.03. The second-order valence-corrected chi connectivity index (χ2v) is 5.29. The average molecular weight is 338 g/mol. The van der Waals surface area contributed by atoms with E-state index in [-0.39, 0.29) is 15.6 Å². The molecule has 0 N–H and O–H groups in total. The highest BCUT2D eigenvalue weighted by atomic mass is 35.5. The maximum atomic E-state index is 12.9. The van der Waals surface area contributed by atoms with Gasteiger partial charge in [-0.2, -0.15) is 0 Å². The van der Waals surface area contributed by atoms with Crippen LogP contribution in [0.5, 0.6) is 5.75 Å². The van der Waals surface area contributed by atoms with Gasteiger partial charge in [-0.1, -0.05) is 34.8 Å². The van der Waals surface area contributed by atoms with Crippen LogP contribution in [-0.4, -0.2) is 7.11 Å². The van der Waals surface area contributed by atoms with Gasteiger partial charge in [-0.3, -0.25) is 0 Å². The summed E-state index contributed by atoms with van der Waals surface area (Å²) in [5.74, 6) is 0.305. The molecular weight excluding hydrogens is 329 g/mol. The van der Waals surface area contributed by atoms with Crippen LogP contribution in [-0.2, 0) is 0 Å². The first-order valence-corrected chi connectivity index (χ1v) is 6.68. The van der Waals surface area contributed by atoms with Gasteiger partial charge in [0, 0.05) is 16.1 Å². The van der Waals surface area contributed by atoms with Crippen molar-refractivity contribution in [2.75, 3.05) is 7.11 Å². The fraction of sp³-hybridized carbons (Fsp3) is 0.143. The van der Waals surface area contributed by atoms with Crippen molar-refractivity contribution in [1.29, 1.82) is 0 Å². The van der Waals surface area contributed by atoms with Gasteiger partial charge in [-0.25, -0.2) is 8.78 Å². The van der Waals surface area contributed by atoms with Gasteiger partial charge >= 0.3 is 0 Å². The van der Waals surface area contributed by atoms with Crippen molar-refractivity contribution in [2.45, 2.75) is 6.43 Å².